The van der Waals surface area contributed by atoms with Gasteiger partial charge in [0.25, 0.3) is 0 Å². The molecule has 2 atom stereocenters. The predicted octanol–water partition coefficient (Wildman–Crippen LogP) is 2.72. The molecule has 140 valence electrons. The van der Waals surface area contributed by atoms with Gasteiger partial charge in [-0.1, -0.05) is 6.92 Å². The number of hydrogen-bond acceptors (Lipinski definition) is 4. The highest BCUT2D eigenvalue weighted by atomic mass is 32.2. The summed E-state index contributed by atoms with van der Waals surface area (Å²) >= 11 is 0. The van der Waals surface area contributed by atoms with Gasteiger partial charge in [-0.3, -0.25) is 9.52 Å². The molecule has 1 heterocycles. The van der Waals surface area contributed by atoms with Crippen molar-refractivity contribution in [3.8, 4) is 0 Å². The Balaban J connectivity index is 1.93. The van der Waals surface area contributed by atoms with Crippen LogP contribution in [0.2, 0.25) is 0 Å². The van der Waals surface area contributed by atoms with E-state index in [2.05, 4.69) is 22.3 Å². The first-order chi connectivity index (χ1) is 11.8. The van der Waals surface area contributed by atoms with Crippen molar-refractivity contribution in [2.24, 2.45) is 11.8 Å². The maximum Gasteiger partial charge on any atom is 0.232 e. The molecule has 0 aromatic heterocycles. The smallest absolute Gasteiger partial charge is 0.232 e. The summed E-state index contributed by atoms with van der Waals surface area (Å²) in [4.78, 5) is 12.3. The molecule has 25 heavy (non-hydrogen) atoms. The highest BCUT2D eigenvalue weighted by Crippen LogP contribution is 2.24. The monoisotopic (exact) mass is 367 g/mol. The Morgan fingerprint density at radius 3 is 2.76 bits per heavy atom. The number of rotatable bonds is 7. The summed E-state index contributed by atoms with van der Waals surface area (Å²) in [7, 11) is -3.30. The van der Waals surface area contributed by atoms with E-state index in [0.29, 0.717) is 29.6 Å². The van der Waals surface area contributed by atoms with Gasteiger partial charge in [-0.25, -0.2) is 8.42 Å². The van der Waals surface area contributed by atoms with Crippen molar-refractivity contribution in [2.45, 2.75) is 40.0 Å². The van der Waals surface area contributed by atoms with Gasteiger partial charge in [0.05, 0.1) is 11.4 Å². The van der Waals surface area contributed by atoms with E-state index in [1.54, 1.807) is 25.1 Å². The average Bonchev–Trinajstić information content (AvgIpc) is 2.58. The third kappa shape index (κ3) is 6.01. The molecule has 1 aliphatic rings. The van der Waals surface area contributed by atoms with E-state index < -0.39 is 10.0 Å². The molecule has 2 unspecified atom stereocenters. The quantitative estimate of drug-likeness (QED) is 0.691. The topological polar surface area (TPSA) is 87.3 Å². The van der Waals surface area contributed by atoms with E-state index in [1.807, 2.05) is 6.92 Å². The number of carbonyl (C=O) groups is 1. The number of aryl methyl sites for hydroxylation is 1. The minimum Gasteiger partial charge on any atom is -0.326 e. The summed E-state index contributed by atoms with van der Waals surface area (Å²) in [5, 5.41) is 6.31. The van der Waals surface area contributed by atoms with Gasteiger partial charge in [-0.15, -0.1) is 0 Å². The average molecular weight is 368 g/mol. The molecule has 1 aromatic carbocycles. The summed E-state index contributed by atoms with van der Waals surface area (Å²) in [6, 6.07) is 5.20. The Bertz CT molecular complexity index is 698. The van der Waals surface area contributed by atoms with Crippen molar-refractivity contribution in [2.75, 3.05) is 28.9 Å². The van der Waals surface area contributed by atoms with Gasteiger partial charge < -0.3 is 10.6 Å². The molecule has 3 N–H and O–H groups in total. The molecule has 7 heteroatoms. The van der Waals surface area contributed by atoms with Crippen LogP contribution in [-0.2, 0) is 14.8 Å². The van der Waals surface area contributed by atoms with E-state index in [0.717, 1.165) is 18.7 Å². The fourth-order valence-corrected chi connectivity index (χ4v) is 3.84. The molecule has 0 aliphatic carbocycles. The maximum absolute atomic E-state index is 12.3. The van der Waals surface area contributed by atoms with E-state index >= 15 is 0 Å². The number of anilines is 2. The van der Waals surface area contributed by atoms with Crippen LogP contribution in [0, 0.1) is 18.8 Å². The molecule has 1 amide bonds. The third-order valence-corrected chi connectivity index (χ3v) is 6.09. The van der Waals surface area contributed by atoms with Crippen LogP contribution in [0.25, 0.3) is 0 Å². The van der Waals surface area contributed by atoms with Gasteiger partial charge in [0.2, 0.25) is 15.9 Å². The lowest BCUT2D eigenvalue weighted by atomic mass is 9.85. The van der Waals surface area contributed by atoms with Gasteiger partial charge in [0.1, 0.15) is 0 Å². The Morgan fingerprint density at radius 2 is 2.16 bits per heavy atom. The van der Waals surface area contributed by atoms with Crippen molar-refractivity contribution in [1.29, 1.82) is 0 Å². The Hall–Kier alpha value is -1.60. The van der Waals surface area contributed by atoms with Crippen molar-refractivity contribution >= 4 is 27.3 Å². The summed E-state index contributed by atoms with van der Waals surface area (Å²) in [5.74, 6) is 0.912. The largest absolute Gasteiger partial charge is 0.326 e. The van der Waals surface area contributed by atoms with Gasteiger partial charge in [-0.2, -0.15) is 0 Å². The van der Waals surface area contributed by atoms with Gasteiger partial charge in [-0.05, 0) is 75.4 Å². The van der Waals surface area contributed by atoms with E-state index in [9.17, 15) is 13.2 Å². The number of amides is 1. The van der Waals surface area contributed by atoms with Crippen LogP contribution in [0.3, 0.4) is 0 Å². The Kier molecular flexibility index (Phi) is 6.84. The molecule has 1 saturated heterocycles. The zero-order valence-corrected chi connectivity index (χ0v) is 16.1. The van der Waals surface area contributed by atoms with E-state index in [1.165, 1.54) is 12.8 Å². The first-order valence-electron chi connectivity index (χ1n) is 8.92. The van der Waals surface area contributed by atoms with E-state index in [-0.39, 0.29) is 11.7 Å². The molecule has 1 fully saturated rings. The molecule has 0 saturated carbocycles. The predicted molar refractivity (Wildman–Crippen MR) is 102 cm³/mol. The highest BCUT2D eigenvalue weighted by Gasteiger charge is 2.22. The molecule has 0 spiro atoms. The number of carbonyl (C=O) groups excluding carboxylic acids is 1. The van der Waals surface area contributed by atoms with Crippen LogP contribution in [0.4, 0.5) is 11.4 Å². The van der Waals surface area contributed by atoms with Crippen LogP contribution in [0.5, 0.6) is 0 Å². The van der Waals surface area contributed by atoms with Crippen molar-refractivity contribution < 1.29 is 13.2 Å². The third-order valence-electron chi connectivity index (χ3n) is 4.80. The fraction of sp³-hybridized carbons (Fsp3) is 0.611. The second-order valence-electron chi connectivity index (χ2n) is 6.87. The minimum absolute atomic E-state index is 0.000590. The number of benzene rings is 1. The number of hydrogen-bond donors (Lipinski definition) is 3. The SMILES string of the molecule is CCS(=O)(=O)Nc1ccc(NC(=O)CC(C)C2CCCNC2)cc1C. The summed E-state index contributed by atoms with van der Waals surface area (Å²) in [5.41, 5.74) is 2.01. The van der Waals surface area contributed by atoms with Crippen LogP contribution < -0.4 is 15.4 Å². The lowest BCUT2D eigenvalue weighted by Gasteiger charge is -2.28. The Morgan fingerprint density at radius 1 is 1.40 bits per heavy atom. The van der Waals surface area contributed by atoms with Gasteiger partial charge in [0, 0.05) is 12.1 Å². The normalized spacial score (nSPS) is 19.2. The zero-order valence-electron chi connectivity index (χ0n) is 15.3. The summed E-state index contributed by atoms with van der Waals surface area (Å²) in [6.45, 7) is 7.60. The molecule has 1 aromatic rings. The lowest BCUT2D eigenvalue weighted by Crippen LogP contribution is -2.34. The standard InChI is InChI=1S/C18H29N3O3S/c1-4-25(23,24)21-17-8-7-16(10-14(17)3)20-18(22)11-13(2)15-6-5-9-19-12-15/h7-8,10,13,15,19,21H,4-6,9,11-12H2,1-3H3,(H,20,22). The summed E-state index contributed by atoms with van der Waals surface area (Å²) in [6.07, 6.45) is 2.84. The van der Waals surface area contributed by atoms with Crippen LogP contribution in [0.1, 0.15) is 38.7 Å². The van der Waals surface area contributed by atoms with Gasteiger partial charge in [0.15, 0.2) is 0 Å². The van der Waals surface area contributed by atoms with Crippen molar-refractivity contribution in [3.05, 3.63) is 23.8 Å². The molecular weight excluding hydrogens is 338 g/mol. The van der Waals surface area contributed by atoms with Crippen LogP contribution in [-0.4, -0.2) is 33.2 Å². The van der Waals surface area contributed by atoms with Gasteiger partial charge >= 0.3 is 0 Å². The second kappa shape index (κ2) is 8.67. The fourth-order valence-electron chi connectivity index (χ4n) is 3.13. The van der Waals surface area contributed by atoms with Crippen molar-refractivity contribution in [1.82, 2.24) is 5.32 Å². The first-order valence-corrected chi connectivity index (χ1v) is 10.6. The number of piperidine rings is 1. The molecule has 2 rings (SSSR count). The van der Waals surface area contributed by atoms with Crippen molar-refractivity contribution in [3.63, 3.8) is 0 Å². The van der Waals surface area contributed by atoms with Crippen LogP contribution >= 0.6 is 0 Å². The molecule has 0 radical (unpaired) electrons. The molecule has 0 bridgehead atoms. The first kappa shape index (κ1) is 19.7. The number of sulfonamides is 1. The van der Waals surface area contributed by atoms with E-state index in [4.69, 9.17) is 0 Å². The lowest BCUT2D eigenvalue weighted by molar-refractivity contribution is -0.117. The second-order valence-corrected chi connectivity index (χ2v) is 8.88. The molecular formula is C18H29N3O3S. The minimum atomic E-state index is -3.30. The summed E-state index contributed by atoms with van der Waals surface area (Å²) < 4.78 is 25.9. The molecule has 1 aliphatic heterocycles. The Labute approximate surface area is 150 Å². The maximum atomic E-state index is 12.3. The number of nitrogens with one attached hydrogen (secondary N) is 3. The van der Waals surface area contributed by atoms with Crippen LogP contribution in [0.15, 0.2) is 18.2 Å². The highest BCUT2D eigenvalue weighted by molar-refractivity contribution is 7.92. The zero-order chi connectivity index (χ0) is 18.4. The molecule has 6 nitrogen and oxygen atoms in total.